The molecule has 56 valence electrons. The van der Waals surface area contributed by atoms with Crippen molar-refractivity contribution in [2.75, 3.05) is 0 Å². The molecule has 0 rings (SSSR count). The second-order valence-corrected chi connectivity index (χ2v) is 2.78. The number of alkyl halides is 2. The maximum Gasteiger partial charge on any atom is 0.264 e. The molecule has 0 radical (unpaired) electrons. The first-order valence-corrected chi connectivity index (χ1v) is 2.98. The fourth-order valence-electron chi connectivity index (χ4n) is 0.456. The fraction of sp³-hybridized carbons (Fsp3) is 1.00. The lowest BCUT2D eigenvalue weighted by atomic mass is 9.96. The Bertz CT molecular complexity index is 93.7. The van der Waals surface area contributed by atoms with Crippen LogP contribution in [0.4, 0.5) is 8.78 Å². The van der Waals surface area contributed by atoms with Crippen molar-refractivity contribution in [2.24, 2.45) is 5.73 Å². The third kappa shape index (κ3) is 1.90. The van der Waals surface area contributed by atoms with E-state index in [0.29, 0.717) is 0 Å². The Kier molecular flexibility index (Phi) is 2.17. The maximum atomic E-state index is 12.5. The molecule has 9 heavy (non-hydrogen) atoms. The largest absolute Gasteiger partial charge is 0.321 e. The molecule has 0 aliphatic carbocycles. The predicted octanol–water partition coefficient (Wildman–Crippen LogP) is 1.77. The smallest absolute Gasteiger partial charge is 0.264 e. The quantitative estimate of drug-likeness (QED) is 0.616. The first-order chi connectivity index (χ1) is 3.81. The number of nitrogens with two attached hydrogens (primary N) is 1. The van der Waals surface area contributed by atoms with Crippen molar-refractivity contribution >= 4 is 0 Å². The molecule has 0 fully saturated rings. The van der Waals surface area contributed by atoms with E-state index < -0.39 is 11.5 Å². The van der Waals surface area contributed by atoms with Crippen LogP contribution in [0.2, 0.25) is 0 Å². The highest BCUT2D eigenvalue weighted by atomic mass is 19.3. The van der Waals surface area contributed by atoms with Crippen molar-refractivity contribution in [3.05, 3.63) is 0 Å². The Morgan fingerprint density at radius 2 is 1.67 bits per heavy atom. The topological polar surface area (TPSA) is 26.0 Å². The van der Waals surface area contributed by atoms with Gasteiger partial charge in [-0.05, 0) is 13.8 Å². The summed E-state index contributed by atoms with van der Waals surface area (Å²) in [5.74, 6) is -2.74. The summed E-state index contributed by atoms with van der Waals surface area (Å²) >= 11 is 0. The molecule has 0 aromatic carbocycles. The molecule has 0 amide bonds. The molecular formula is C6H13F2N. The number of hydrogen-bond donors (Lipinski definition) is 1. The van der Waals surface area contributed by atoms with E-state index in [2.05, 4.69) is 0 Å². The summed E-state index contributed by atoms with van der Waals surface area (Å²) in [5.41, 5.74) is 3.79. The Hall–Kier alpha value is -0.180. The highest BCUT2D eigenvalue weighted by molar-refractivity contribution is 4.88. The molecule has 0 atom stereocenters. The third-order valence-electron chi connectivity index (χ3n) is 1.39. The van der Waals surface area contributed by atoms with E-state index in [-0.39, 0.29) is 6.42 Å². The van der Waals surface area contributed by atoms with Gasteiger partial charge in [-0.15, -0.1) is 0 Å². The van der Waals surface area contributed by atoms with Gasteiger partial charge >= 0.3 is 0 Å². The van der Waals surface area contributed by atoms with E-state index >= 15 is 0 Å². The Morgan fingerprint density at radius 1 is 1.33 bits per heavy atom. The van der Waals surface area contributed by atoms with Crippen LogP contribution in [0.5, 0.6) is 0 Å². The number of hydrogen-bond acceptors (Lipinski definition) is 1. The van der Waals surface area contributed by atoms with Crippen LogP contribution >= 0.6 is 0 Å². The van der Waals surface area contributed by atoms with Crippen LogP contribution in [0.15, 0.2) is 0 Å². The molecule has 0 saturated carbocycles. The molecule has 0 heterocycles. The zero-order valence-corrected chi connectivity index (χ0v) is 6.04. The highest BCUT2D eigenvalue weighted by Crippen LogP contribution is 2.28. The van der Waals surface area contributed by atoms with Gasteiger partial charge in [0.05, 0.1) is 5.54 Å². The van der Waals surface area contributed by atoms with Gasteiger partial charge < -0.3 is 5.73 Å². The summed E-state index contributed by atoms with van der Waals surface area (Å²) < 4.78 is 25.1. The average Bonchev–Trinajstić information content (AvgIpc) is 1.64. The SMILES string of the molecule is CCC(F)(F)C(C)(C)N. The molecule has 0 aliphatic heterocycles. The second-order valence-electron chi connectivity index (χ2n) is 2.78. The summed E-state index contributed by atoms with van der Waals surface area (Å²) in [6.07, 6.45) is -0.198. The minimum atomic E-state index is -2.74. The number of halogens is 2. The summed E-state index contributed by atoms with van der Waals surface area (Å²) in [5, 5.41) is 0. The molecule has 0 aliphatic rings. The summed E-state index contributed by atoms with van der Waals surface area (Å²) in [7, 11) is 0. The van der Waals surface area contributed by atoms with E-state index in [0.717, 1.165) is 0 Å². The molecule has 1 nitrogen and oxygen atoms in total. The van der Waals surface area contributed by atoms with Gasteiger partial charge in [0.1, 0.15) is 0 Å². The van der Waals surface area contributed by atoms with Crippen molar-refractivity contribution in [3.8, 4) is 0 Å². The predicted molar refractivity (Wildman–Crippen MR) is 33.5 cm³/mol. The average molecular weight is 137 g/mol. The van der Waals surface area contributed by atoms with Gasteiger partial charge in [0.25, 0.3) is 5.92 Å². The first-order valence-electron chi connectivity index (χ1n) is 2.98. The van der Waals surface area contributed by atoms with E-state index in [4.69, 9.17) is 5.73 Å². The van der Waals surface area contributed by atoms with Crippen molar-refractivity contribution in [1.29, 1.82) is 0 Å². The van der Waals surface area contributed by atoms with Crippen LogP contribution in [-0.4, -0.2) is 11.5 Å². The van der Waals surface area contributed by atoms with E-state index in [1.165, 1.54) is 20.8 Å². The Morgan fingerprint density at radius 3 is 1.67 bits per heavy atom. The molecule has 0 aromatic heterocycles. The molecule has 3 heteroatoms. The second kappa shape index (κ2) is 2.21. The zero-order chi connectivity index (χ0) is 7.71. The van der Waals surface area contributed by atoms with Crippen LogP contribution in [-0.2, 0) is 0 Å². The molecule has 2 N–H and O–H groups in total. The normalized spacial score (nSPS) is 14.0. The van der Waals surface area contributed by atoms with Gasteiger partial charge in [-0.25, -0.2) is 8.78 Å². The fourth-order valence-corrected chi connectivity index (χ4v) is 0.456. The van der Waals surface area contributed by atoms with Crippen LogP contribution < -0.4 is 5.73 Å². The summed E-state index contributed by atoms with van der Waals surface area (Å²) in [4.78, 5) is 0. The lowest BCUT2D eigenvalue weighted by Gasteiger charge is -2.28. The highest BCUT2D eigenvalue weighted by Gasteiger charge is 2.41. The van der Waals surface area contributed by atoms with Crippen molar-refractivity contribution in [1.82, 2.24) is 0 Å². The van der Waals surface area contributed by atoms with E-state index in [1.54, 1.807) is 0 Å². The van der Waals surface area contributed by atoms with Crippen LogP contribution in [0.25, 0.3) is 0 Å². The van der Waals surface area contributed by atoms with Crippen molar-refractivity contribution in [2.45, 2.75) is 38.7 Å². The van der Waals surface area contributed by atoms with Gasteiger partial charge in [0.15, 0.2) is 0 Å². The van der Waals surface area contributed by atoms with E-state index in [9.17, 15) is 8.78 Å². The van der Waals surface area contributed by atoms with Gasteiger partial charge in [-0.2, -0.15) is 0 Å². The minimum Gasteiger partial charge on any atom is -0.321 e. The Labute approximate surface area is 54.2 Å². The summed E-state index contributed by atoms with van der Waals surface area (Å²) in [6.45, 7) is 4.08. The van der Waals surface area contributed by atoms with E-state index in [1.807, 2.05) is 0 Å². The third-order valence-corrected chi connectivity index (χ3v) is 1.39. The monoisotopic (exact) mass is 137 g/mol. The first kappa shape index (κ1) is 8.82. The van der Waals surface area contributed by atoms with Crippen LogP contribution in [0, 0.1) is 0 Å². The van der Waals surface area contributed by atoms with Crippen molar-refractivity contribution in [3.63, 3.8) is 0 Å². The van der Waals surface area contributed by atoms with Gasteiger partial charge in [-0.1, -0.05) is 6.92 Å². The van der Waals surface area contributed by atoms with Gasteiger partial charge in [0, 0.05) is 6.42 Å². The van der Waals surface area contributed by atoms with Crippen molar-refractivity contribution < 1.29 is 8.78 Å². The molecule has 0 saturated heterocycles. The zero-order valence-electron chi connectivity index (χ0n) is 6.04. The molecule has 0 spiro atoms. The molecule has 0 bridgehead atoms. The molecule has 0 aromatic rings. The lowest BCUT2D eigenvalue weighted by molar-refractivity contribution is -0.0631. The maximum absolute atomic E-state index is 12.5. The molecule has 0 unspecified atom stereocenters. The Balaban J connectivity index is 4.14. The standard InChI is InChI=1S/C6H13F2N/c1-4-6(7,8)5(2,3)9/h4,9H2,1-3H3. The van der Waals surface area contributed by atoms with Crippen LogP contribution in [0.3, 0.4) is 0 Å². The van der Waals surface area contributed by atoms with Gasteiger partial charge in [-0.3, -0.25) is 0 Å². The summed E-state index contributed by atoms with van der Waals surface area (Å²) in [6, 6.07) is 0. The number of rotatable bonds is 2. The lowest BCUT2D eigenvalue weighted by Crippen LogP contribution is -2.50. The van der Waals surface area contributed by atoms with Gasteiger partial charge in [0.2, 0.25) is 0 Å². The molecular weight excluding hydrogens is 124 g/mol. The minimum absolute atomic E-state index is 0.198. The van der Waals surface area contributed by atoms with Crippen LogP contribution in [0.1, 0.15) is 27.2 Å².